The molecule has 2 rings (SSSR count). The van der Waals surface area contributed by atoms with Gasteiger partial charge in [0, 0.05) is 11.6 Å². The molecule has 0 amide bonds. The SMILES string of the molecule is Clc1cnc2c(Cl)c(Cl)c(Cl)c(Cl)c2c1. The topological polar surface area (TPSA) is 12.9 Å². The van der Waals surface area contributed by atoms with Gasteiger partial charge < -0.3 is 0 Å². The maximum absolute atomic E-state index is 6.00. The van der Waals surface area contributed by atoms with Crippen LogP contribution in [0.1, 0.15) is 0 Å². The minimum Gasteiger partial charge on any atom is -0.253 e. The van der Waals surface area contributed by atoms with Crippen LogP contribution < -0.4 is 0 Å². The van der Waals surface area contributed by atoms with Crippen molar-refractivity contribution in [3.8, 4) is 0 Å². The number of benzene rings is 1. The van der Waals surface area contributed by atoms with E-state index in [0.29, 0.717) is 20.9 Å². The van der Waals surface area contributed by atoms with Crippen LogP contribution in [-0.2, 0) is 0 Å². The number of hydrogen-bond acceptors (Lipinski definition) is 1. The van der Waals surface area contributed by atoms with Gasteiger partial charge in [-0.25, -0.2) is 0 Å². The Kier molecular flexibility index (Phi) is 3.20. The third-order valence-corrected chi connectivity index (χ3v) is 3.89. The highest BCUT2D eigenvalue weighted by molar-refractivity contribution is 6.55. The van der Waals surface area contributed by atoms with Crippen molar-refractivity contribution in [3.63, 3.8) is 0 Å². The van der Waals surface area contributed by atoms with Gasteiger partial charge in [0.05, 0.1) is 30.6 Å². The lowest BCUT2D eigenvalue weighted by molar-refractivity contribution is 1.41. The molecule has 2 aromatic rings. The van der Waals surface area contributed by atoms with E-state index in [0.717, 1.165) is 0 Å². The minimum absolute atomic E-state index is 0.200. The van der Waals surface area contributed by atoms with Crippen molar-refractivity contribution in [2.24, 2.45) is 0 Å². The first kappa shape index (κ1) is 11.6. The highest BCUT2D eigenvalue weighted by Crippen LogP contribution is 2.42. The Morgan fingerprint density at radius 3 is 2.07 bits per heavy atom. The number of aromatic nitrogens is 1. The number of rotatable bonds is 0. The molecule has 0 radical (unpaired) electrons. The predicted molar refractivity (Wildman–Crippen MR) is 66.8 cm³/mol. The van der Waals surface area contributed by atoms with Crippen molar-refractivity contribution in [1.82, 2.24) is 4.98 Å². The van der Waals surface area contributed by atoms with E-state index in [1.54, 1.807) is 6.07 Å². The molecule has 0 aliphatic heterocycles. The van der Waals surface area contributed by atoms with Gasteiger partial charge in [-0.15, -0.1) is 0 Å². The third kappa shape index (κ3) is 1.88. The average Bonchev–Trinajstić information content (AvgIpc) is 2.23. The first-order chi connectivity index (χ1) is 7.02. The summed E-state index contributed by atoms with van der Waals surface area (Å²) < 4.78 is 0. The van der Waals surface area contributed by atoms with E-state index in [9.17, 15) is 0 Å². The fourth-order valence-electron chi connectivity index (χ4n) is 1.20. The van der Waals surface area contributed by atoms with E-state index in [4.69, 9.17) is 58.0 Å². The Balaban J connectivity index is 3.00. The molecule has 0 unspecified atom stereocenters. The van der Waals surface area contributed by atoms with Gasteiger partial charge in [0.1, 0.15) is 0 Å². The first-order valence-corrected chi connectivity index (χ1v) is 5.68. The fraction of sp³-hybridized carbons (Fsp3) is 0. The van der Waals surface area contributed by atoms with Crippen LogP contribution in [0, 0.1) is 0 Å². The van der Waals surface area contributed by atoms with Crippen LogP contribution >= 0.6 is 58.0 Å². The number of pyridine rings is 1. The molecule has 78 valence electrons. The number of fused-ring (bicyclic) bond motifs is 1. The van der Waals surface area contributed by atoms with Gasteiger partial charge in [0.15, 0.2) is 0 Å². The highest BCUT2D eigenvalue weighted by atomic mass is 35.5. The summed E-state index contributed by atoms with van der Waals surface area (Å²) in [4.78, 5) is 4.05. The lowest BCUT2D eigenvalue weighted by Crippen LogP contribution is -1.85. The Labute approximate surface area is 111 Å². The van der Waals surface area contributed by atoms with Crippen molar-refractivity contribution in [1.29, 1.82) is 0 Å². The van der Waals surface area contributed by atoms with Crippen molar-refractivity contribution < 1.29 is 0 Å². The van der Waals surface area contributed by atoms with Crippen LogP contribution in [-0.4, -0.2) is 4.98 Å². The molecule has 0 aliphatic carbocycles. The van der Waals surface area contributed by atoms with Crippen LogP contribution in [0.25, 0.3) is 10.9 Å². The summed E-state index contributed by atoms with van der Waals surface area (Å²) in [7, 11) is 0. The summed E-state index contributed by atoms with van der Waals surface area (Å²) >= 11 is 29.5. The summed E-state index contributed by atoms with van der Waals surface area (Å²) in [5.41, 5.74) is 0.487. The van der Waals surface area contributed by atoms with E-state index < -0.39 is 0 Å². The van der Waals surface area contributed by atoms with Gasteiger partial charge in [0.25, 0.3) is 0 Å². The molecular formula is C9H2Cl5N. The molecule has 0 N–H and O–H groups in total. The van der Waals surface area contributed by atoms with E-state index in [1.807, 2.05) is 0 Å². The molecule has 1 aromatic carbocycles. The van der Waals surface area contributed by atoms with Gasteiger partial charge >= 0.3 is 0 Å². The summed E-state index contributed by atoms with van der Waals surface area (Å²) in [6, 6.07) is 1.64. The first-order valence-electron chi connectivity index (χ1n) is 3.79. The Morgan fingerprint density at radius 2 is 1.40 bits per heavy atom. The predicted octanol–water partition coefficient (Wildman–Crippen LogP) is 5.50. The van der Waals surface area contributed by atoms with Crippen molar-refractivity contribution in [2.75, 3.05) is 0 Å². The molecule has 1 nitrogen and oxygen atoms in total. The van der Waals surface area contributed by atoms with E-state index >= 15 is 0 Å². The van der Waals surface area contributed by atoms with Crippen LogP contribution in [0.4, 0.5) is 0 Å². The molecule has 0 fully saturated rings. The molecule has 0 atom stereocenters. The smallest absolute Gasteiger partial charge is 0.0920 e. The van der Waals surface area contributed by atoms with E-state index in [2.05, 4.69) is 4.98 Å². The fourth-order valence-corrected chi connectivity index (χ4v) is 2.31. The Bertz CT molecular complexity index is 552. The summed E-state index contributed by atoms with van der Waals surface area (Å²) in [5.74, 6) is 0. The number of nitrogens with zero attached hydrogens (tertiary/aromatic N) is 1. The quantitative estimate of drug-likeness (QED) is 0.462. The molecule has 0 spiro atoms. The lowest BCUT2D eigenvalue weighted by Gasteiger charge is -2.07. The van der Waals surface area contributed by atoms with Crippen molar-refractivity contribution >= 4 is 68.9 Å². The monoisotopic (exact) mass is 299 g/mol. The molecule has 1 aromatic heterocycles. The summed E-state index contributed by atoms with van der Waals surface area (Å²) in [5, 5.41) is 2.03. The van der Waals surface area contributed by atoms with Crippen molar-refractivity contribution in [3.05, 3.63) is 37.4 Å². The molecule has 6 heteroatoms. The summed E-state index contributed by atoms with van der Waals surface area (Å²) in [6.07, 6.45) is 1.47. The van der Waals surface area contributed by atoms with Gasteiger partial charge in [-0.05, 0) is 6.07 Å². The molecule has 1 heterocycles. The van der Waals surface area contributed by atoms with Gasteiger partial charge in [-0.1, -0.05) is 58.0 Å². The molecule has 15 heavy (non-hydrogen) atoms. The second kappa shape index (κ2) is 4.15. The van der Waals surface area contributed by atoms with E-state index in [-0.39, 0.29) is 15.1 Å². The second-order valence-electron chi connectivity index (χ2n) is 2.81. The largest absolute Gasteiger partial charge is 0.253 e. The van der Waals surface area contributed by atoms with Gasteiger partial charge in [-0.2, -0.15) is 0 Å². The zero-order valence-electron chi connectivity index (χ0n) is 6.99. The molecule has 0 saturated heterocycles. The van der Waals surface area contributed by atoms with Crippen LogP contribution in [0.5, 0.6) is 0 Å². The molecule has 0 aliphatic rings. The standard InChI is InChI=1S/C9H2Cl5N/c10-3-1-4-5(11)6(12)7(13)8(14)9(4)15-2-3/h1-2H. The van der Waals surface area contributed by atoms with Crippen LogP contribution in [0.15, 0.2) is 12.3 Å². The average molecular weight is 301 g/mol. The van der Waals surface area contributed by atoms with Gasteiger partial charge in [0.2, 0.25) is 0 Å². The summed E-state index contributed by atoms with van der Waals surface area (Å²) in [6.45, 7) is 0. The van der Waals surface area contributed by atoms with Crippen LogP contribution in [0.3, 0.4) is 0 Å². The highest BCUT2D eigenvalue weighted by Gasteiger charge is 2.15. The third-order valence-electron chi connectivity index (χ3n) is 1.88. The lowest BCUT2D eigenvalue weighted by atomic mass is 10.2. The Morgan fingerprint density at radius 1 is 0.800 bits per heavy atom. The maximum atomic E-state index is 6.00. The maximum Gasteiger partial charge on any atom is 0.0920 e. The number of hydrogen-bond donors (Lipinski definition) is 0. The van der Waals surface area contributed by atoms with Crippen molar-refractivity contribution in [2.45, 2.75) is 0 Å². The number of halogens is 5. The zero-order valence-corrected chi connectivity index (χ0v) is 10.8. The second-order valence-corrected chi connectivity index (χ2v) is 4.75. The van der Waals surface area contributed by atoms with Gasteiger partial charge in [-0.3, -0.25) is 4.98 Å². The Hall–Kier alpha value is 0.0800. The van der Waals surface area contributed by atoms with E-state index in [1.165, 1.54) is 6.20 Å². The van der Waals surface area contributed by atoms with Crippen LogP contribution in [0.2, 0.25) is 25.1 Å². The minimum atomic E-state index is 0.200. The molecule has 0 saturated carbocycles. The molecule has 0 bridgehead atoms. The molecular weight excluding hydrogens is 299 g/mol. The normalized spacial score (nSPS) is 11.0. The zero-order chi connectivity index (χ0) is 11.2.